The van der Waals surface area contributed by atoms with Gasteiger partial charge in [0.05, 0.1) is 0 Å². The predicted octanol–water partition coefficient (Wildman–Crippen LogP) is 4.71. The van der Waals surface area contributed by atoms with Crippen molar-refractivity contribution in [3.8, 4) is 0 Å². The largest absolute Gasteiger partial charge is 0.353 e. The van der Waals surface area contributed by atoms with Crippen molar-refractivity contribution in [2.45, 2.75) is 70.8 Å². The van der Waals surface area contributed by atoms with E-state index in [9.17, 15) is 9.59 Å². The van der Waals surface area contributed by atoms with Gasteiger partial charge in [-0.15, -0.1) is 0 Å². The maximum absolute atomic E-state index is 12.8. The van der Waals surface area contributed by atoms with Crippen LogP contribution in [0, 0.1) is 11.8 Å². The lowest BCUT2D eigenvalue weighted by molar-refractivity contribution is -0.137. The Balaban J connectivity index is 1.46. The molecule has 2 aliphatic rings. The third-order valence-electron chi connectivity index (χ3n) is 6.34. The fraction of sp³-hybridized carbons (Fsp3) is 0.652. The number of benzene rings is 1. The Labute approximate surface area is 177 Å². The van der Waals surface area contributed by atoms with E-state index in [1.54, 1.807) is 0 Å². The molecule has 1 aromatic rings. The van der Waals surface area contributed by atoms with Crippen molar-refractivity contribution >= 4 is 27.7 Å². The zero-order chi connectivity index (χ0) is 19.9. The number of carbonyl (C=O) groups is 2. The SMILES string of the molecule is CCC(Cc1cccc(Br)c1)C(=O)NC1CCN(C(=O)C2CCCCC2)CC1. The molecule has 1 saturated heterocycles. The Bertz CT molecular complexity index is 664. The Morgan fingerprint density at radius 3 is 2.50 bits per heavy atom. The van der Waals surface area contributed by atoms with Crippen molar-refractivity contribution in [2.75, 3.05) is 13.1 Å². The Morgan fingerprint density at radius 1 is 1.14 bits per heavy atom. The molecule has 28 heavy (non-hydrogen) atoms. The third kappa shape index (κ3) is 5.82. The molecule has 2 amide bonds. The zero-order valence-corrected chi connectivity index (χ0v) is 18.5. The first kappa shape index (κ1) is 21.4. The number of hydrogen-bond donors (Lipinski definition) is 1. The van der Waals surface area contributed by atoms with Crippen LogP contribution < -0.4 is 5.32 Å². The minimum atomic E-state index is -0.00352. The summed E-state index contributed by atoms with van der Waals surface area (Å²) in [4.78, 5) is 27.5. The molecule has 1 saturated carbocycles. The summed E-state index contributed by atoms with van der Waals surface area (Å²) in [6.45, 7) is 3.64. The van der Waals surface area contributed by atoms with Crippen molar-refractivity contribution in [3.05, 3.63) is 34.3 Å². The molecule has 0 spiro atoms. The second-order valence-electron chi connectivity index (χ2n) is 8.38. The Morgan fingerprint density at radius 2 is 1.86 bits per heavy atom. The zero-order valence-electron chi connectivity index (χ0n) is 17.0. The molecule has 1 heterocycles. The summed E-state index contributed by atoms with van der Waals surface area (Å²) < 4.78 is 1.05. The fourth-order valence-corrected chi connectivity index (χ4v) is 4.99. The molecule has 1 aliphatic carbocycles. The van der Waals surface area contributed by atoms with Gasteiger partial charge in [0.15, 0.2) is 0 Å². The first-order valence-electron chi connectivity index (χ1n) is 10.9. The number of amides is 2. The van der Waals surface area contributed by atoms with E-state index >= 15 is 0 Å². The quantitative estimate of drug-likeness (QED) is 0.684. The average Bonchev–Trinajstić information content (AvgIpc) is 2.72. The van der Waals surface area contributed by atoms with Gasteiger partial charge in [-0.2, -0.15) is 0 Å². The predicted molar refractivity (Wildman–Crippen MR) is 116 cm³/mol. The highest BCUT2D eigenvalue weighted by atomic mass is 79.9. The molecular formula is C23H33BrN2O2. The maximum atomic E-state index is 12.8. The minimum absolute atomic E-state index is 0.00352. The molecule has 1 N–H and O–H groups in total. The lowest BCUT2D eigenvalue weighted by Crippen LogP contribution is -2.49. The molecule has 5 heteroatoms. The fourth-order valence-electron chi connectivity index (χ4n) is 4.54. The monoisotopic (exact) mass is 448 g/mol. The van der Waals surface area contributed by atoms with E-state index in [1.807, 2.05) is 17.0 Å². The van der Waals surface area contributed by atoms with Gasteiger partial charge in [-0.3, -0.25) is 9.59 Å². The Hall–Kier alpha value is -1.36. The van der Waals surface area contributed by atoms with Gasteiger partial charge in [0.25, 0.3) is 0 Å². The summed E-state index contributed by atoms with van der Waals surface area (Å²) in [6, 6.07) is 8.39. The van der Waals surface area contributed by atoms with E-state index in [0.29, 0.717) is 5.91 Å². The van der Waals surface area contributed by atoms with Crippen LogP contribution in [0.2, 0.25) is 0 Å². The number of rotatable bonds is 6. The number of carbonyl (C=O) groups excluding carboxylic acids is 2. The second kappa shape index (κ2) is 10.4. The molecule has 0 radical (unpaired) electrons. The summed E-state index contributed by atoms with van der Waals surface area (Å²) in [7, 11) is 0. The van der Waals surface area contributed by atoms with E-state index in [2.05, 4.69) is 40.3 Å². The van der Waals surface area contributed by atoms with Crippen LogP contribution in [0.5, 0.6) is 0 Å². The second-order valence-corrected chi connectivity index (χ2v) is 9.30. The van der Waals surface area contributed by atoms with Crippen molar-refractivity contribution in [1.29, 1.82) is 0 Å². The first-order chi connectivity index (χ1) is 13.6. The molecule has 1 aliphatic heterocycles. The van der Waals surface area contributed by atoms with E-state index in [1.165, 1.54) is 24.8 Å². The van der Waals surface area contributed by atoms with Gasteiger partial charge in [0.1, 0.15) is 0 Å². The molecule has 3 rings (SSSR count). The lowest BCUT2D eigenvalue weighted by atomic mass is 9.87. The van der Waals surface area contributed by atoms with Crippen molar-refractivity contribution in [3.63, 3.8) is 0 Å². The summed E-state index contributed by atoms with van der Waals surface area (Å²) in [6.07, 6.45) is 9.12. The van der Waals surface area contributed by atoms with E-state index in [0.717, 1.165) is 56.1 Å². The molecular weight excluding hydrogens is 416 g/mol. The molecule has 1 unspecified atom stereocenters. The molecule has 154 valence electrons. The molecule has 1 atom stereocenters. The summed E-state index contributed by atoms with van der Waals surface area (Å²) >= 11 is 3.50. The van der Waals surface area contributed by atoms with E-state index in [-0.39, 0.29) is 23.8 Å². The lowest BCUT2D eigenvalue weighted by Gasteiger charge is -2.35. The van der Waals surface area contributed by atoms with Gasteiger partial charge in [-0.25, -0.2) is 0 Å². The van der Waals surface area contributed by atoms with Gasteiger partial charge in [-0.05, 0) is 56.2 Å². The van der Waals surface area contributed by atoms with Crippen molar-refractivity contribution in [1.82, 2.24) is 10.2 Å². The Kier molecular flexibility index (Phi) is 7.95. The summed E-state index contributed by atoms with van der Waals surface area (Å²) in [5.74, 6) is 0.746. The normalized spacial score (nSPS) is 20.0. The summed E-state index contributed by atoms with van der Waals surface area (Å²) in [5.41, 5.74) is 1.18. The van der Waals surface area contributed by atoms with Gasteiger partial charge in [0.2, 0.25) is 11.8 Å². The van der Waals surface area contributed by atoms with Gasteiger partial charge in [-0.1, -0.05) is 54.2 Å². The average molecular weight is 449 g/mol. The molecule has 0 aromatic heterocycles. The topological polar surface area (TPSA) is 49.4 Å². The molecule has 4 nitrogen and oxygen atoms in total. The summed E-state index contributed by atoms with van der Waals surface area (Å²) in [5, 5.41) is 3.26. The molecule has 2 fully saturated rings. The first-order valence-corrected chi connectivity index (χ1v) is 11.7. The van der Waals surface area contributed by atoms with Gasteiger partial charge in [0, 0.05) is 35.4 Å². The number of piperidine rings is 1. The van der Waals surface area contributed by atoms with Crippen LogP contribution in [0.15, 0.2) is 28.7 Å². The number of hydrogen-bond acceptors (Lipinski definition) is 2. The van der Waals surface area contributed by atoms with Gasteiger partial charge >= 0.3 is 0 Å². The third-order valence-corrected chi connectivity index (χ3v) is 6.84. The van der Waals surface area contributed by atoms with Crippen LogP contribution in [0.25, 0.3) is 0 Å². The van der Waals surface area contributed by atoms with Crippen LogP contribution in [0.1, 0.15) is 63.9 Å². The highest BCUT2D eigenvalue weighted by Crippen LogP contribution is 2.27. The standard InChI is InChI=1S/C23H33BrN2O2/c1-2-18(15-17-7-6-10-20(24)16-17)22(27)25-21-11-13-26(14-12-21)23(28)19-8-4-3-5-9-19/h6-7,10,16,18-19,21H,2-5,8-9,11-15H2,1H3,(H,25,27). The van der Waals surface area contributed by atoms with Crippen molar-refractivity contribution < 1.29 is 9.59 Å². The number of likely N-dealkylation sites (tertiary alicyclic amines) is 1. The molecule has 0 bridgehead atoms. The van der Waals surface area contributed by atoms with Crippen molar-refractivity contribution in [2.24, 2.45) is 11.8 Å². The number of nitrogens with one attached hydrogen (secondary N) is 1. The highest BCUT2D eigenvalue weighted by Gasteiger charge is 2.30. The molecule has 1 aromatic carbocycles. The highest BCUT2D eigenvalue weighted by molar-refractivity contribution is 9.10. The van der Waals surface area contributed by atoms with E-state index in [4.69, 9.17) is 0 Å². The van der Waals surface area contributed by atoms with Crippen LogP contribution in [-0.4, -0.2) is 35.8 Å². The van der Waals surface area contributed by atoms with Crippen LogP contribution in [0.4, 0.5) is 0 Å². The minimum Gasteiger partial charge on any atom is -0.353 e. The van der Waals surface area contributed by atoms with Crippen LogP contribution in [0.3, 0.4) is 0 Å². The number of nitrogens with zero attached hydrogens (tertiary/aromatic N) is 1. The van der Waals surface area contributed by atoms with Gasteiger partial charge < -0.3 is 10.2 Å². The van der Waals surface area contributed by atoms with Crippen LogP contribution in [-0.2, 0) is 16.0 Å². The van der Waals surface area contributed by atoms with Crippen LogP contribution >= 0.6 is 15.9 Å². The smallest absolute Gasteiger partial charge is 0.225 e. The van der Waals surface area contributed by atoms with E-state index < -0.39 is 0 Å². The number of halogens is 1. The maximum Gasteiger partial charge on any atom is 0.225 e.